The zero-order chi connectivity index (χ0) is 21.0. The molecule has 1 fully saturated rings. The summed E-state index contributed by atoms with van der Waals surface area (Å²) < 4.78 is 2.18. The highest BCUT2D eigenvalue weighted by atomic mass is 35.5. The van der Waals surface area contributed by atoms with Gasteiger partial charge in [0.1, 0.15) is 0 Å². The lowest BCUT2D eigenvalue weighted by atomic mass is 9.92. The van der Waals surface area contributed by atoms with Crippen molar-refractivity contribution < 1.29 is 4.79 Å². The predicted molar refractivity (Wildman–Crippen MR) is 118 cm³/mol. The monoisotopic (exact) mass is 436 g/mol. The van der Waals surface area contributed by atoms with Crippen LogP contribution >= 0.6 is 22.9 Å². The maximum absolute atomic E-state index is 12.3. The molecule has 2 aromatic rings. The molecule has 2 aromatic heterocycles. The molecule has 8 heteroatoms. The first-order chi connectivity index (χ1) is 13.7. The molecular formula is C21H29ClN4O2S. The molecule has 1 aliphatic rings. The minimum atomic E-state index is -0.0991. The molecule has 0 aromatic carbocycles. The number of likely N-dealkylation sites (tertiary alicyclic amines) is 1. The Kier molecular flexibility index (Phi) is 7.14. The third kappa shape index (κ3) is 5.90. The lowest BCUT2D eigenvalue weighted by Crippen LogP contribution is -2.48. The summed E-state index contributed by atoms with van der Waals surface area (Å²) in [6, 6.07) is 7.18. The molecule has 1 atom stereocenters. The number of amides is 1. The van der Waals surface area contributed by atoms with Gasteiger partial charge in [0.15, 0.2) is 0 Å². The van der Waals surface area contributed by atoms with Crippen LogP contribution in [0.4, 0.5) is 0 Å². The quantitative estimate of drug-likeness (QED) is 0.752. The van der Waals surface area contributed by atoms with E-state index < -0.39 is 0 Å². The number of hydrogen-bond donors (Lipinski definition) is 1. The Morgan fingerprint density at radius 1 is 1.24 bits per heavy atom. The number of aromatic nitrogens is 2. The maximum Gasteiger partial charge on any atom is 0.266 e. The molecule has 3 heterocycles. The minimum Gasteiger partial charge on any atom is -0.350 e. The van der Waals surface area contributed by atoms with Gasteiger partial charge in [0.05, 0.1) is 21.5 Å². The molecule has 6 nitrogen and oxygen atoms in total. The van der Waals surface area contributed by atoms with Crippen LogP contribution in [0.2, 0.25) is 4.34 Å². The number of hydrogen-bond acceptors (Lipinski definition) is 5. The molecule has 3 rings (SSSR count). The highest BCUT2D eigenvalue weighted by Gasteiger charge is 2.24. The van der Waals surface area contributed by atoms with Crippen LogP contribution in [-0.2, 0) is 12.0 Å². The van der Waals surface area contributed by atoms with Gasteiger partial charge in [-0.05, 0) is 37.6 Å². The van der Waals surface area contributed by atoms with E-state index in [4.69, 9.17) is 11.6 Å². The van der Waals surface area contributed by atoms with Crippen molar-refractivity contribution in [2.24, 2.45) is 0 Å². The van der Waals surface area contributed by atoms with Gasteiger partial charge in [0.25, 0.3) is 11.5 Å². The van der Waals surface area contributed by atoms with E-state index in [2.05, 4.69) is 36.1 Å². The van der Waals surface area contributed by atoms with Crippen LogP contribution in [0.25, 0.3) is 0 Å². The van der Waals surface area contributed by atoms with E-state index in [-0.39, 0.29) is 22.9 Å². The van der Waals surface area contributed by atoms with Crippen molar-refractivity contribution in [1.82, 2.24) is 20.0 Å². The number of nitrogens with one attached hydrogen (secondary N) is 1. The van der Waals surface area contributed by atoms with Crippen molar-refractivity contribution in [1.29, 1.82) is 0 Å². The molecule has 0 saturated carbocycles. The predicted octanol–water partition coefficient (Wildman–Crippen LogP) is 3.54. The number of piperidine rings is 1. The molecule has 1 aliphatic heterocycles. The maximum atomic E-state index is 12.3. The van der Waals surface area contributed by atoms with E-state index in [1.165, 1.54) is 11.3 Å². The van der Waals surface area contributed by atoms with Crippen LogP contribution in [0.15, 0.2) is 29.1 Å². The second-order valence-electron chi connectivity index (χ2n) is 8.53. The molecule has 1 amide bonds. The lowest BCUT2D eigenvalue weighted by Gasteiger charge is -2.35. The number of rotatable bonds is 6. The molecule has 0 bridgehead atoms. The van der Waals surface area contributed by atoms with Gasteiger partial charge in [-0.1, -0.05) is 38.8 Å². The van der Waals surface area contributed by atoms with Crippen molar-refractivity contribution in [2.45, 2.75) is 58.0 Å². The lowest BCUT2D eigenvalue weighted by molar-refractivity contribution is 0.0913. The molecule has 29 heavy (non-hydrogen) atoms. The second kappa shape index (κ2) is 9.41. The van der Waals surface area contributed by atoms with Crippen LogP contribution in [0.1, 0.15) is 55.4 Å². The smallest absolute Gasteiger partial charge is 0.266 e. The second-order valence-corrected chi connectivity index (χ2v) is 10.2. The van der Waals surface area contributed by atoms with E-state index in [9.17, 15) is 9.59 Å². The van der Waals surface area contributed by atoms with E-state index in [1.807, 2.05) is 6.07 Å². The Balaban J connectivity index is 1.60. The van der Waals surface area contributed by atoms with Crippen molar-refractivity contribution in [3.05, 3.63) is 49.5 Å². The van der Waals surface area contributed by atoms with Gasteiger partial charge in [-0.15, -0.1) is 11.3 Å². The summed E-state index contributed by atoms with van der Waals surface area (Å²) in [5.74, 6) is -0.0804. The number of carbonyl (C=O) groups is 1. The first kappa shape index (κ1) is 22.0. The number of thiophene rings is 1. The van der Waals surface area contributed by atoms with Crippen LogP contribution < -0.4 is 10.9 Å². The fourth-order valence-corrected chi connectivity index (χ4v) is 4.51. The molecular weight excluding hydrogens is 408 g/mol. The van der Waals surface area contributed by atoms with Crippen LogP contribution in [-0.4, -0.2) is 46.3 Å². The largest absolute Gasteiger partial charge is 0.350 e. The van der Waals surface area contributed by atoms with Crippen LogP contribution in [0.3, 0.4) is 0 Å². The van der Waals surface area contributed by atoms with Gasteiger partial charge in [-0.3, -0.25) is 14.5 Å². The standard InChI is InChI=1S/C21H29ClN4O2S/c1-21(2,3)17-8-10-19(27)26(24-17)13-12-25-11-5-4-6-15(25)14-23-20(28)16-7-9-18(22)29-16/h7-10,15H,4-6,11-14H2,1-3H3,(H,23,28). The van der Waals surface area contributed by atoms with Crippen molar-refractivity contribution in [3.63, 3.8) is 0 Å². The number of nitrogens with zero attached hydrogens (tertiary/aromatic N) is 3. The molecule has 1 saturated heterocycles. The van der Waals surface area contributed by atoms with Crippen molar-refractivity contribution >= 4 is 28.8 Å². The Morgan fingerprint density at radius 2 is 2.03 bits per heavy atom. The van der Waals surface area contributed by atoms with Gasteiger partial charge >= 0.3 is 0 Å². The summed E-state index contributed by atoms with van der Waals surface area (Å²) in [5, 5.41) is 7.60. The summed E-state index contributed by atoms with van der Waals surface area (Å²) in [6.45, 7) is 9.13. The minimum absolute atomic E-state index is 0.0746. The SMILES string of the molecule is CC(C)(C)c1ccc(=O)n(CCN2CCCCC2CNC(=O)c2ccc(Cl)s2)n1. The van der Waals surface area contributed by atoms with Crippen molar-refractivity contribution in [2.75, 3.05) is 19.6 Å². The van der Waals surface area contributed by atoms with E-state index in [0.717, 1.165) is 38.0 Å². The topological polar surface area (TPSA) is 67.2 Å². The van der Waals surface area contributed by atoms with Gasteiger partial charge in [0.2, 0.25) is 0 Å². The van der Waals surface area contributed by atoms with Crippen LogP contribution in [0, 0.1) is 0 Å². The normalized spacial score (nSPS) is 18.0. The molecule has 0 spiro atoms. The molecule has 0 aliphatic carbocycles. The molecule has 158 valence electrons. The zero-order valence-electron chi connectivity index (χ0n) is 17.3. The van der Waals surface area contributed by atoms with E-state index in [1.54, 1.807) is 22.9 Å². The van der Waals surface area contributed by atoms with Crippen molar-refractivity contribution in [3.8, 4) is 0 Å². The van der Waals surface area contributed by atoms with Crippen LogP contribution in [0.5, 0.6) is 0 Å². The average Bonchev–Trinajstić information content (AvgIpc) is 3.11. The number of carbonyl (C=O) groups excluding carboxylic acids is 1. The fraction of sp³-hybridized carbons (Fsp3) is 0.571. The zero-order valence-corrected chi connectivity index (χ0v) is 18.9. The van der Waals surface area contributed by atoms with Gasteiger partial charge in [-0.2, -0.15) is 5.10 Å². The third-order valence-electron chi connectivity index (χ3n) is 5.28. The van der Waals surface area contributed by atoms with Gasteiger partial charge in [-0.25, -0.2) is 4.68 Å². The Bertz CT molecular complexity index is 903. The Hall–Kier alpha value is -1.70. The van der Waals surface area contributed by atoms with Gasteiger partial charge < -0.3 is 5.32 Å². The Morgan fingerprint density at radius 3 is 2.72 bits per heavy atom. The number of halogens is 1. The van der Waals surface area contributed by atoms with E-state index in [0.29, 0.717) is 22.3 Å². The first-order valence-corrected chi connectivity index (χ1v) is 11.3. The highest BCUT2D eigenvalue weighted by molar-refractivity contribution is 7.17. The highest BCUT2D eigenvalue weighted by Crippen LogP contribution is 2.22. The average molecular weight is 437 g/mol. The summed E-state index contributed by atoms with van der Waals surface area (Å²) in [7, 11) is 0. The fourth-order valence-electron chi connectivity index (χ4n) is 3.55. The van der Waals surface area contributed by atoms with E-state index >= 15 is 0 Å². The molecule has 1 N–H and O–H groups in total. The summed E-state index contributed by atoms with van der Waals surface area (Å²) in [5.41, 5.74) is 0.738. The molecule has 0 radical (unpaired) electrons. The Labute approximate surface area is 180 Å². The van der Waals surface area contributed by atoms with Gasteiger partial charge in [0, 0.05) is 30.6 Å². The summed E-state index contributed by atoms with van der Waals surface area (Å²) in [6.07, 6.45) is 3.32. The summed E-state index contributed by atoms with van der Waals surface area (Å²) in [4.78, 5) is 27.6. The first-order valence-electron chi connectivity index (χ1n) is 10.1. The third-order valence-corrected chi connectivity index (χ3v) is 6.51. The summed E-state index contributed by atoms with van der Waals surface area (Å²) >= 11 is 7.21. The molecule has 1 unspecified atom stereocenters.